The summed E-state index contributed by atoms with van der Waals surface area (Å²) in [4.78, 5) is 21.0. The van der Waals surface area contributed by atoms with Crippen LogP contribution in [-0.2, 0) is 6.42 Å². The largest absolute Gasteiger partial charge is 0.354 e. The first-order valence-electron chi connectivity index (χ1n) is 11.8. The number of hydrogen-bond donors (Lipinski definition) is 4. The van der Waals surface area contributed by atoms with Gasteiger partial charge in [0, 0.05) is 24.1 Å². The molecule has 1 saturated heterocycles. The highest BCUT2D eigenvalue weighted by Gasteiger charge is 2.30. The zero-order valence-corrected chi connectivity index (χ0v) is 20.2. The molecule has 2 heterocycles. The van der Waals surface area contributed by atoms with Crippen molar-refractivity contribution in [1.29, 1.82) is 0 Å². The van der Waals surface area contributed by atoms with Gasteiger partial charge in [0.2, 0.25) is 5.95 Å². The summed E-state index contributed by atoms with van der Waals surface area (Å²) in [5.41, 5.74) is 8.84. The molecular formula is C24H32Cl2FN5O. The topological polar surface area (TPSA) is 95.8 Å². The summed E-state index contributed by atoms with van der Waals surface area (Å²) in [7, 11) is 0. The molecule has 1 aromatic heterocycles. The fourth-order valence-corrected chi connectivity index (χ4v) is 5.32. The van der Waals surface area contributed by atoms with Crippen molar-refractivity contribution in [3.05, 3.63) is 55.4 Å². The molecule has 180 valence electrons. The van der Waals surface area contributed by atoms with Gasteiger partial charge in [0.1, 0.15) is 6.17 Å². The number of anilines is 1. The lowest BCUT2D eigenvalue weighted by molar-refractivity contribution is 0.234. The van der Waals surface area contributed by atoms with Gasteiger partial charge >= 0.3 is 0 Å². The molecule has 2 aromatic rings. The van der Waals surface area contributed by atoms with Gasteiger partial charge in [-0.15, -0.1) is 0 Å². The van der Waals surface area contributed by atoms with Gasteiger partial charge in [-0.1, -0.05) is 29.3 Å². The molecule has 0 spiro atoms. The number of hydrogen-bond acceptors (Lipinski definition) is 5. The number of halogens is 3. The highest BCUT2D eigenvalue weighted by Crippen LogP contribution is 2.37. The summed E-state index contributed by atoms with van der Waals surface area (Å²) in [6, 6.07) is 5.29. The van der Waals surface area contributed by atoms with Crippen LogP contribution < -0.4 is 21.9 Å². The molecule has 0 radical (unpaired) electrons. The normalized spacial score (nSPS) is 22.8. The smallest absolute Gasteiger partial charge is 0.256 e. The lowest BCUT2D eigenvalue weighted by Crippen LogP contribution is -2.34. The average molecular weight is 496 g/mol. The summed E-state index contributed by atoms with van der Waals surface area (Å²) in [6.45, 7) is 2.27. The van der Waals surface area contributed by atoms with E-state index in [1.165, 1.54) is 0 Å². The van der Waals surface area contributed by atoms with Gasteiger partial charge in [-0.05, 0) is 81.6 Å². The molecule has 4 rings (SSSR count). The molecule has 1 aliphatic heterocycles. The second-order valence-corrected chi connectivity index (χ2v) is 10.1. The fraction of sp³-hybridized carbons (Fsp3) is 0.583. The summed E-state index contributed by atoms with van der Waals surface area (Å²) in [5, 5.41) is 7.62. The quantitative estimate of drug-likeness (QED) is 0.452. The molecule has 33 heavy (non-hydrogen) atoms. The van der Waals surface area contributed by atoms with Crippen LogP contribution in [0.2, 0.25) is 10.0 Å². The first-order valence-corrected chi connectivity index (χ1v) is 12.6. The maximum atomic E-state index is 13.7. The van der Waals surface area contributed by atoms with Crippen LogP contribution in [0, 0.1) is 0 Å². The van der Waals surface area contributed by atoms with Crippen molar-refractivity contribution in [2.45, 2.75) is 69.0 Å². The molecule has 9 heteroatoms. The molecule has 1 atom stereocenters. The molecule has 1 aliphatic carbocycles. The number of aromatic nitrogens is 2. The Bertz CT molecular complexity index is 1000. The minimum Gasteiger partial charge on any atom is -0.354 e. The van der Waals surface area contributed by atoms with Gasteiger partial charge in [0.15, 0.2) is 0 Å². The molecule has 1 unspecified atom stereocenters. The van der Waals surface area contributed by atoms with E-state index in [4.69, 9.17) is 33.9 Å². The number of H-pyrrole nitrogens is 1. The number of nitrogens with two attached hydrogens (primary N) is 1. The Kier molecular flexibility index (Phi) is 8.28. The fourth-order valence-electron chi connectivity index (χ4n) is 5.00. The lowest BCUT2D eigenvalue weighted by Gasteiger charge is -2.29. The lowest BCUT2D eigenvalue weighted by atomic mass is 9.80. The maximum absolute atomic E-state index is 13.7. The van der Waals surface area contributed by atoms with E-state index in [2.05, 4.69) is 15.6 Å². The van der Waals surface area contributed by atoms with E-state index in [1.807, 2.05) is 12.1 Å². The summed E-state index contributed by atoms with van der Waals surface area (Å²) in [5.74, 6) is 0.752. The van der Waals surface area contributed by atoms with E-state index >= 15 is 0 Å². The average Bonchev–Trinajstić information content (AvgIpc) is 2.81. The predicted octanol–water partition coefficient (Wildman–Crippen LogP) is 4.52. The third kappa shape index (κ3) is 6.27. The van der Waals surface area contributed by atoms with Crippen molar-refractivity contribution in [1.82, 2.24) is 15.3 Å². The number of aromatic amines is 1. The van der Waals surface area contributed by atoms with Gasteiger partial charge < -0.3 is 16.4 Å². The zero-order chi connectivity index (χ0) is 23.4. The summed E-state index contributed by atoms with van der Waals surface area (Å²) >= 11 is 12.1. The van der Waals surface area contributed by atoms with Crippen molar-refractivity contribution in [3.63, 3.8) is 0 Å². The summed E-state index contributed by atoms with van der Waals surface area (Å²) in [6.07, 6.45) is 4.17. The van der Waals surface area contributed by atoms with Gasteiger partial charge in [-0.2, -0.15) is 0 Å². The second kappa shape index (κ2) is 11.2. The summed E-state index contributed by atoms with van der Waals surface area (Å²) < 4.78 is 13.7. The number of nitrogens with one attached hydrogen (secondary N) is 3. The molecule has 6 nitrogen and oxygen atoms in total. The Morgan fingerprint density at radius 1 is 1.09 bits per heavy atom. The van der Waals surface area contributed by atoms with E-state index in [0.717, 1.165) is 42.8 Å². The molecule has 2 aliphatic rings. The Hall–Kier alpha value is -1.67. The van der Waals surface area contributed by atoms with Crippen LogP contribution in [0.3, 0.4) is 0 Å². The molecule has 5 N–H and O–H groups in total. The highest BCUT2D eigenvalue weighted by atomic mass is 35.5. The van der Waals surface area contributed by atoms with E-state index < -0.39 is 6.17 Å². The first-order chi connectivity index (χ1) is 15.9. The molecule has 1 saturated carbocycles. The van der Waals surface area contributed by atoms with Crippen LogP contribution in [0.4, 0.5) is 10.3 Å². The van der Waals surface area contributed by atoms with Crippen LogP contribution >= 0.6 is 23.2 Å². The van der Waals surface area contributed by atoms with Crippen molar-refractivity contribution < 1.29 is 4.39 Å². The van der Waals surface area contributed by atoms with E-state index in [9.17, 15) is 9.18 Å². The van der Waals surface area contributed by atoms with Gasteiger partial charge in [-0.3, -0.25) is 9.78 Å². The molecule has 1 aromatic carbocycles. The zero-order valence-electron chi connectivity index (χ0n) is 18.7. The third-order valence-corrected chi connectivity index (χ3v) is 7.53. The first kappa shape index (κ1) is 24.5. The van der Waals surface area contributed by atoms with Gasteiger partial charge in [0.25, 0.3) is 5.56 Å². The minimum absolute atomic E-state index is 0.0732. The Balaban J connectivity index is 1.50. The van der Waals surface area contributed by atoms with Gasteiger partial charge in [0.05, 0.1) is 15.7 Å². The standard InChI is InChI=1S/C24H32Cl2FN5O/c25-19-6-1-14(12-20(19)26)11-18(28)13-30-24-31-22(16-7-9-29-10-8-16)21(23(33)32-24)15-2-4-17(27)5-3-15/h1,6,12,15-18,29H,2-5,7-11,13,28H2,(H2,30,31,32,33). The van der Waals surface area contributed by atoms with Crippen molar-refractivity contribution in [3.8, 4) is 0 Å². The molecule has 0 bridgehead atoms. The predicted molar refractivity (Wildman–Crippen MR) is 132 cm³/mol. The van der Waals surface area contributed by atoms with Crippen molar-refractivity contribution in [2.75, 3.05) is 25.0 Å². The minimum atomic E-state index is -0.756. The van der Waals surface area contributed by atoms with Crippen LogP contribution in [0.5, 0.6) is 0 Å². The van der Waals surface area contributed by atoms with E-state index in [1.54, 1.807) is 6.07 Å². The Labute approximate surface area is 203 Å². The molecular weight excluding hydrogens is 464 g/mol. The van der Waals surface area contributed by atoms with Crippen molar-refractivity contribution in [2.24, 2.45) is 5.73 Å². The third-order valence-electron chi connectivity index (χ3n) is 6.79. The Morgan fingerprint density at radius 2 is 1.82 bits per heavy atom. The Morgan fingerprint density at radius 3 is 2.52 bits per heavy atom. The van der Waals surface area contributed by atoms with Crippen LogP contribution in [-0.4, -0.2) is 41.8 Å². The number of benzene rings is 1. The van der Waals surface area contributed by atoms with E-state index in [0.29, 0.717) is 54.6 Å². The SMILES string of the molecule is NC(CNc1nc(C2CCNCC2)c(C2CCC(F)CC2)c(=O)[nH]1)Cc1ccc(Cl)c(Cl)c1. The number of piperidine rings is 1. The van der Waals surface area contributed by atoms with Gasteiger partial charge in [-0.25, -0.2) is 9.37 Å². The highest BCUT2D eigenvalue weighted by molar-refractivity contribution is 6.42. The van der Waals surface area contributed by atoms with Crippen LogP contribution in [0.1, 0.15) is 67.2 Å². The van der Waals surface area contributed by atoms with Crippen LogP contribution in [0.25, 0.3) is 0 Å². The van der Waals surface area contributed by atoms with Crippen molar-refractivity contribution >= 4 is 29.2 Å². The monoisotopic (exact) mass is 495 g/mol. The molecule has 2 fully saturated rings. The second-order valence-electron chi connectivity index (χ2n) is 9.28. The van der Waals surface area contributed by atoms with E-state index in [-0.39, 0.29) is 23.4 Å². The number of rotatable bonds is 7. The number of alkyl halides is 1. The maximum Gasteiger partial charge on any atom is 0.256 e. The molecule has 0 amide bonds. The number of nitrogens with zero attached hydrogens (tertiary/aromatic N) is 1. The van der Waals surface area contributed by atoms with Crippen LogP contribution in [0.15, 0.2) is 23.0 Å².